The second kappa shape index (κ2) is 4.88. The van der Waals surface area contributed by atoms with Crippen molar-refractivity contribution in [3.05, 3.63) is 34.6 Å². The lowest BCUT2D eigenvalue weighted by Crippen LogP contribution is -2.48. The van der Waals surface area contributed by atoms with Crippen LogP contribution in [0.15, 0.2) is 12.1 Å². The van der Waals surface area contributed by atoms with Gasteiger partial charge in [0.05, 0.1) is 13.2 Å². The van der Waals surface area contributed by atoms with Crippen LogP contribution in [0.1, 0.15) is 21.5 Å². The summed E-state index contributed by atoms with van der Waals surface area (Å²) in [6, 6.07) is 3.06. The largest absolute Gasteiger partial charge is 0.378 e. The van der Waals surface area contributed by atoms with E-state index in [9.17, 15) is 9.18 Å². The van der Waals surface area contributed by atoms with Crippen molar-refractivity contribution in [2.75, 3.05) is 19.8 Å². The molecule has 1 unspecified atom stereocenters. The Bertz CT molecular complexity index is 521. The van der Waals surface area contributed by atoms with E-state index in [4.69, 9.17) is 9.94 Å². The van der Waals surface area contributed by atoms with E-state index in [1.807, 2.05) is 0 Å². The summed E-state index contributed by atoms with van der Waals surface area (Å²) in [6.07, 6.45) is 0.665. The molecular weight excluding hydrogens is 251 g/mol. The van der Waals surface area contributed by atoms with E-state index in [2.05, 4.69) is 4.90 Å². The van der Waals surface area contributed by atoms with Crippen LogP contribution in [0.3, 0.4) is 0 Å². The summed E-state index contributed by atoms with van der Waals surface area (Å²) >= 11 is 0. The summed E-state index contributed by atoms with van der Waals surface area (Å²) in [6.45, 7) is 2.68. The van der Waals surface area contributed by atoms with E-state index in [1.54, 1.807) is 6.07 Å². The predicted molar refractivity (Wildman–Crippen MR) is 64.4 cm³/mol. The topological polar surface area (TPSA) is 61.8 Å². The third kappa shape index (κ3) is 2.22. The Kier molecular flexibility index (Phi) is 3.22. The highest BCUT2D eigenvalue weighted by atomic mass is 19.1. The number of carbonyl (C=O) groups is 1. The van der Waals surface area contributed by atoms with Crippen molar-refractivity contribution in [2.45, 2.75) is 19.0 Å². The number of hydrogen-bond acceptors (Lipinski definition) is 4. The molecule has 1 fully saturated rings. The molecule has 1 aromatic carbocycles. The third-order valence-electron chi connectivity index (χ3n) is 3.82. The minimum absolute atomic E-state index is 0.143. The molecule has 0 radical (unpaired) electrons. The molecule has 1 atom stereocenters. The Morgan fingerprint density at radius 1 is 1.53 bits per heavy atom. The highest BCUT2D eigenvalue weighted by Gasteiger charge is 2.31. The van der Waals surface area contributed by atoms with Crippen molar-refractivity contribution >= 4 is 5.91 Å². The summed E-state index contributed by atoms with van der Waals surface area (Å²) in [5, 5.41) is 8.62. The van der Waals surface area contributed by atoms with Gasteiger partial charge in [-0.3, -0.25) is 14.9 Å². The van der Waals surface area contributed by atoms with Gasteiger partial charge in [-0.15, -0.1) is 0 Å². The van der Waals surface area contributed by atoms with Gasteiger partial charge in [-0.1, -0.05) is 0 Å². The molecule has 1 amide bonds. The lowest BCUT2D eigenvalue weighted by molar-refractivity contribution is -0.0169. The quantitative estimate of drug-likeness (QED) is 0.580. The van der Waals surface area contributed by atoms with Crippen LogP contribution in [0.5, 0.6) is 0 Å². The lowest BCUT2D eigenvalue weighted by Gasteiger charge is -2.40. The fourth-order valence-electron chi connectivity index (χ4n) is 2.79. The zero-order valence-electron chi connectivity index (χ0n) is 10.4. The first-order valence-corrected chi connectivity index (χ1v) is 6.26. The van der Waals surface area contributed by atoms with Gasteiger partial charge in [-0.25, -0.2) is 9.87 Å². The molecule has 0 aromatic heterocycles. The van der Waals surface area contributed by atoms with Crippen molar-refractivity contribution in [2.24, 2.45) is 0 Å². The minimum atomic E-state index is -0.691. The summed E-state index contributed by atoms with van der Waals surface area (Å²) in [7, 11) is 0. The zero-order chi connectivity index (χ0) is 13.4. The molecule has 19 heavy (non-hydrogen) atoms. The van der Waals surface area contributed by atoms with E-state index in [1.165, 1.54) is 11.5 Å². The first kappa shape index (κ1) is 12.5. The molecular formula is C13H15FN2O3. The van der Waals surface area contributed by atoms with Crippen LogP contribution in [0.4, 0.5) is 4.39 Å². The van der Waals surface area contributed by atoms with Gasteiger partial charge < -0.3 is 4.74 Å². The standard InChI is InChI=1S/C13H15FN2O3/c14-12-5-9(13(17)15-18)3-8-4-10-7-19-2-1-16(10)6-11(8)12/h3,5,10,18H,1-2,4,6-7H2,(H,15,17). The zero-order valence-corrected chi connectivity index (χ0v) is 10.4. The average molecular weight is 266 g/mol. The van der Waals surface area contributed by atoms with E-state index < -0.39 is 5.91 Å². The first-order valence-electron chi connectivity index (χ1n) is 6.26. The van der Waals surface area contributed by atoms with E-state index in [0.717, 1.165) is 12.1 Å². The van der Waals surface area contributed by atoms with Crippen LogP contribution >= 0.6 is 0 Å². The van der Waals surface area contributed by atoms with Crippen LogP contribution in [-0.4, -0.2) is 41.8 Å². The smallest absolute Gasteiger partial charge is 0.274 e. The van der Waals surface area contributed by atoms with Gasteiger partial charge >= 0.3 is 0 Å². The number of morpholine rings is 1. The molecule has 2 heterocycles. The highest BCUT2D eigenvalue weighted by Crippen LogP contribution is 2.28. The molecule has 1 saturated heterocycles. The summed E-state index contributed by atoms with van der Waals surface area (Å²) in [5.74, 6) is -1.08. The van der Waals surface area contributed by atoms with E-state index in [-0.39, 0.29) is 17.4 Å². The Morgan fingerprint density at radius 2 is 2.37 bits per heavy atom. The van der Waals surface area contributed by atoms with Gasteiger partial charge in [-0.2, -0.15) is 0 Å². The molecule has 1 aromatic rings. The van der Waals surface area contributed by atoms with Gasteiger partial charge in [0, 0.05) is 30.3 Å². The van der Waals surface area contributed by atoms with Crippen LogP contribution in [-0.2, 0) is 17.7 Å². The van der Waals surface area contributed by atoms with Crippen LogP contribution in [0.2, 0.25) is 0 Å². The summed E-state index contributed by atoms with van der Waals surface area (Å²) < 4.78 is 19.5. The van der Waals surface area contributed by atoms with Crippen LogP contribution in [0, 0.1) is 5.82 Å². The summed E-state index contributed by atoms with van der Waals surface area (Å²) in [4.78, 5) is 13.6. The number of benzene rings is 1. The molecule has 0 spiro atoms. The predicted octanol–water partition coefficient (Wildman–Crippen LogP) is 0.702. The lowest BCUT2D eigenvalue weighted by atomic mass is 9.91. The van der Waals surface area contributed by atoms with Gasteiger partial charge in [-0.05, 0) is 24.1 Å². The second-order valence-corrected chi connectivity index (χ2v) is 4.94. The number of nitrogens with zero attached hydrogens (tertiary/aromatic N) is 1. The number of rotatable bonds is 1. The number of halogens is 1. The number of fused-ring (bicyclic) bond motifs is 2. The Hall–Kier alpha value is -1.50. The summed E-state index contributed by atoms with van der Waals surface area (Å²) in [5.41, 5.74) is 3.14. The fourth-order valence-corrected chi connectivity index (χ4v) is 2.79. The van der Waals surface area contributed by atoms with E-state index >= 15 is 0 Å². The third-order valence-corrected chi connectivity index (χ3v) is 3.82. The maximum absolute atomic E-state index is 14.1. The van der Waals surface area contributed by atoms with Crippen molar-refractivity contribution in [1.82, 2.24) is 10.4 Å². The van der Waals surface area contributed by atoms with Gasteiger partial charge in [0.1, 0.15) is 5.82 Å². The Labute approximate surface area is 109 Å². The van der Waals surface area contributed by atoms with Gasteiger partial charge in [0.25, 0.3) is 5.91 Å². The maximum atomic E-state index is 14.1. The molecule has 0 bridgehead atoms. The van der Waals surface area contributed by atoms with Crippen molar-refractivity contribution in [1.29, 1.82) is 0 Å². The second-order valence-electron chi connectivity index (χ2n) is 4.94. The van der Waals surface area contributed by atoms with Crippen LogP contribution < -0.4 is 5.48 Å². The monoisotopic (exact) mass is 266 g/mol. The van der Waals surface area contributed by atoms with Crippen molar-refractivity contribution in [3.63, 3.8) is 0 Å². The normalized spacial score (nSPS) is 22.5. The molecule has 102 valence electrons. The number of ether oxygens (including phenoxy) is 1. The highest BCUT2D eigenvalue weighted by molar-refractivity contribution is 5.93. The Balaban J connectivity index is 1.96. The number of nitrogens with one attached hydrogen (secondary N) is 1. The molecule has 5 nitrogen and oxygen atoms in total. The molecule has 2 aliphatic rings. The molecule has 2 aliphatic heterocycles. The Morgan fingerprint density at radius 3 is 3.16 bits per heavy atom. The van der Waals surface area contributed by atoms with E-state index in [0.29, 0.717) is 31.7 Å². The van der Waals surface area contributed by atoms with Crippen LogP contribution in [0.25, 0.3) is 0 Å². The number of amides is 1. The minimum Gasteiger partial charge on any atom is -0.378 e. The SMILES string of the molecule is O=C(NO)c1cc(F)c2c(c1)CC1COCCN1C2. The number of carbonyl (C=O) groups excluding carboxylic acids is 1. The fraction of sp³-hybridized carbons (Fsp3) is 0.462. The van der Waals surface area contributed by atoms with Gasteiger partial charge in [0.15, 0.2) is 0 Å². The van der Waals surface area contributed by atoms with Gasteiger partial charge in [0.2, 0.25) is 0 Å². The van der Waals surface area contributed by atoms with Crippen molar-refractivity contribution < 1.29 is 19.1 Å². The average Bonchev–Trinajstić information content (AvgIpc) is 2.44. The molecule has 2 N–H and O–H groups in total. The number of hydroxylamine groups is 1. The molecule has 0 saturated carbocycles. The number of hydrogen-bond donors (Lipinski definition) is 2. The van der Waals surface area contributed by atoms with Crippen molar-refractivity contribution in [3.8, 4) is 0 Å². The molecule has 6 heteroatoms. The maximum Gasteiger partial charge on any atom is 0.274 e. The molecule has 0 aliphatic carbocycles. The molecule has 3 rings (SSSR count). The first-order chi connectivity index (χ1) is 9.19.